The molecule has 0 spiro atoms. The standard InChI is InChI=1S/C28H22FN3O3/c29-22-12-7-13-23(16-22)32-27(30-31-28(32)33)25-15-14-24(34-18-20-8-3-1-4-9-20)17-26(25)35-19-21-10-5-2-6-11-21/h1-17H,18-19H2,(H,31,33). The Morgan fingerprint density at radius 1 is 0.771 bits per heavy atom. The Morgan fingerprint density at radius 3 is 2.14 bits per heavy atom. The summed E-state index contributed by atoms with van der Waals surface area (Å²) >= 11 is 0. The molecule has 1 N–H and O–H groups in total. The summed E-state index contributed by atoms with van der Waals surface area (Å²) < 4.78 is 27.4. The first-order chi connectivity index (χ1) is 17.2. The molecule has 0 bridgehead atoms. The normalized spacial score (nSPS) is 10.8. The van der Waals surface area contributed by atoms with Gasteiger partial charge in [0, 0.05) is 6.07 Å². The zero-order valence-corrected chi connectivity index (χ0v) is 18.7. The summed E-state index contributed by atoms with van der Waals surface area (Å²) in [6, 6.07) is 30.7. The average Bonchev–Trinajstić information content (AvgIpc) is 3.28. The number of nitrogens with one attached hydrogen (secondary N) is 1. The van der Waals surface area contributed by atoms with Gasteiger partial charge >= 0.3 is 5.69 Å². The molecule has 6 nitrogen and oxygen atoms in total. The molecule has 35 heavy (non-hydrogen) atoms. The van der Waals surface area contributed by atoms with E-state index in [1.165, 1.54) is 16.7 Å². The SMILES string of the molecule is O=c1[nH]nc(-c2ccc(OCc3ccccc3)cc2OCc2ccccc2)n1-c1cccc(F)c1. The van der Waals surface area contributed by atoms with Gasteiger partial charge in [0.25, 0.3) is 0 Å². The molecule has 0 aliphatic rings. The number of hydrogen-bond donors (Lipinski definition) is 1. The van der Waals surface area contributed by atoms with Gasteiger partial charge in [-0.25, -0.2) is 18.9 Å². The molecule has 0 atom stereocenters. The van der Waals surface area contributed by atoms with Gasteiger partial charge in [-0.15, -0.1) is 0 Å². The summed E-state index contributed by atoms with van der Waals surface area (Å²) in [5, 5.41) is 6.68. The van der Waals surface area contributed by atoms with Crippen LogP contribution in [0.4, 0.5) is 4.39 Å². The molecular weight excluding hydrogens is 445 g/mol. The number of aromatic nitrogens is 3. The molecule has 0 aliphatic heterocycles. The minimum atomic E-state index is -0.482. The van der Waals surface area contributed by atoms with Crippen LogP contribution in [-0.2, 0) is 13.2 Å². The molecule has 4 aromatic carbocycles. The minimum absolute atomic E-state index is 0.304. The highest BCUT2D eigenvalue weighted by molar-refractivity contribution is 5.67. The fraction of sp³-hybridized carbons (Fsp3) is 0.0714. The summed E-state index contributed by atoms with van der Waals surface area (Å²) in [6.07, 6.45) is 0. The Morgan fingerprint density at radius 2 is 1.46 bits per heavy atom. The maximum atomic E-state index is 13.9. The van der Waals surface area contributed by atoms with Crippen molar-refractivity contribution in [2.45, 2.75) is 13.2 Å². The molecule has 5 rings (SSSR count). The highest BCUT2D eigenvalue weighted by atomic mass is 19.1. The van der Waals surface area contributed by atoms with E-state index in [2.05, 4.69) is 10.2 Å². The van der Waals surface area contributed by atoms with E-state index in [0.717, 1.165) is 11.1 Å². The molecule has 0 amide bonds. The van der Waals surface area contributed by atoms with Crippen LogP contribution >= 0.6 is 0 Å². The van der Waals surface area contributed by atoms with Gasteiger partial charge in [0.1, 0.15) is 30.5 Å². The molecule has 7 heteroatoms. The van der Waals surface area contributed by atoms with Crippen LogP contribution in [0.3, 0.4) is 0 Å². The monoisotopic (exact) mass is 467 g/mol. The zero-order chi connectivity index (χ0) is 24.0. The number of nitrogens with zero attached hydrogens (tertiary/aromatic N) is 2. The summed E-state index contributed by atoms with van der Waals surface area (Å²) in [5.41, 5.74) is 2.46. The van der Waals surface area contributed by atoms with Crippen LogP contribution < -0.4 is 15.2 Å². The maximum Gasteiger partial charge on any atom is 0.348 e. The first-order valence-electron chi connectivity index (χ1n) is 11.1. The van der Waals surface area contributed by atoms with Crippen molar-refractivity contribution in [2.75, 3.05) is 0 Å². The minimum Gasteiger partial charge on any atom is -0.489 e. The van der Waals surface area contributed by atoms with Crippen molar-refractivity contribution < 1.29 is 13.9 Å². The third kappa shape index (κ3) is 5.14. The Kier molecular flexibility index (Phi) is 6.39. The smallest absolute Gasteiger partial charge is 0.348 e. The van der Waals surface area contributed by atoms with Gasteiger partial charge < -0.3 is 9.47 Å². The number of halogens is 1. The lowest BCUT2D eigenvalue weighted by atomic mass is 10.1. The van der Waals surface area contributed by atoms with Gasteiger partial charge in [0.15, 0.2) is 5.82 Å². The topological polar surface area (TPSA) is 69.1 Å². The molecule has 0 aliphatic carbocycles. The predicted molar refractivity (Wildman–Crippen MR) is 131 cm³/mol. The van der Waals surface area contributed by atoms with Crippen molar-refractivity contribution in [1.82, 2.24) is 14.8 Å². The molecule has 0 radical (unpaired) electrons. The maximum absolute atomic E-state index is 13.9. The van der Waals surface area contributed by atoms with Crippen molar-refractivity contribution in [3.8, 4) is 28.6 Å². The van der Waals surface area contributed by atoms with Crippen LogP contribution in [0.25, 0.3) is 17.1 Å². The Labute approximate surface area is 201 Å². The summed E-state index contributed by atoms with van der Waals surface area (Å²) in [7, 11) is 0. The van der Waals surface area contributed by atoms with Crippen LogP contribution in [-0.4, -0.2) is 14.8 Å². The second kappa shape index (κ2) is 10.1. The highest BCUT2D eigenvalue weighted by Gasteiger charge is 2.18. The Bertz CT molecular complexity index is 1480. The van der Waals surface area contributed by atoms with Crippen LogP contribution in [0.1, 0.15) is 11.1 Å². The largest absolute Gasteiger partial charge is 0.489 e. The van der Waals surface area contributed by atoms with Crippen molar-refractivity contribution in [3.63, 3.8) is 0 Å². The molecule has 0 saturated carbocycles. The first-order valence-corrected chi connectivity index (χ1v) is 11.1. The van der Waals surface area contributed by atoms with E-state index in [-0.39, 0.29) is 0 Å². The number of aromatic amines is 1. The molecule has 0 fully saturated rings. The highest BCUT2D eigenvalue weighted by Crippen LogP contribution is 2.34. The molecule has 1 aromatic heterocycles. The van der Waals surface area contributed by atoms with Gasteiger partial charge in [-0.2, -0.15) is 5.10 Å². The van der Waals surface area contributed by atoms with Crippen molar-refractivity contribution >= 4 is 0 Å². The Balaban J connectivity index is 1.52. The third-order valence-corrected chi connectivity index (χ3v) is 5.42. The summed E-state index contributed by atoms with van der Waals surface area (Å²) in [5.74, 6) is 0.942. The number of ether oxygens (including phenoxy) is 2. The van der Waals surface area contributed by atoms with Crippen molar-refractivity contribution in [3.05, 3.63) is 131 Å². The fourth-order valence-corrected chi connectivity index (χ4v) is 3.71. The molecular formula is C28H22FN3O3. The average molecular weight is 468 g/mol. The van der Waals surface area contributed by atoms with Crippen molar-refractivity contribution in [2.24, 2.45) is 0 Å². The van der Waals surface area contributed by atoms with E-state index in [1.54, 1.807) is 30.3 Å². The number of hydrogen-bond acceptors (Lipinski definition) is 4. The van der Waals surface area contributed by atoms with E-state index in [1.807, 2.05) is 60.7 Å². The fourth-order valence-electron chi connectivity index (χ4n) is 3.71. The third-order valence-electron chi connectivity index (χ3n) is 5.42. The lowest BCUT2D eigenvalue weighted by Crippen LogP contribution is -2.16. The molecule has 0 unspecified atom stereocenters. The van der Waals surface area contributed by atoms with Crippen LogP contribution in [0.15, 0.2) is 108 Å². The molecule has 5 aromatic rings. The quantitative estimate of drug-likeness (QED) is 0.326. The van der Waals surface area contributed by atoms with Crippen LogP contribution in [0.5, 0.6) is 11.5 Å². The van der Waals surface area contributed by atoms with Crippen LogP contribution in [0, 0.1) is 5.82 Å². The van der Waals surface area contributed by atoms with Gasteiger partial charge in [0.05, 0.1) is 11.3 Å². The van der Waals surface area contributed by atoms with Gasteiger partial charge in [0.2, 0.25) is 0 Å². The number of rotatable bonds is 8. The summed E-state index contributed by atoms with van der Waals surface area (Å²) in [6.45, 7) is 0.708. The molecule has 0 saturated heterocycles. The molecule has 1 heterocycles. The Hall–Kier alpha value is -4.65. The molecule has 174 valence electrons. The van der Waals surface area contributed by atoms with Gasteiger partial charge in [-0.3, -0.25) is 0 Å². The van der Waals surface area contributed by atoms with Gasteiger partial charge in [-0.05, 0) is 41.5 Å². The predicted octanol–water partition coefficient (Wildman–Crippen LogP) is 5.52. The zero-order valence-electron chi connectivity index (χ0n) is 18.7. The van der Waals surface area contributed by atoms with E-state index in [9.17, 15) is 9.18 Å². The first kappa shape index (κ1) is 22.2. The van der Waals surface area contributed by atoms with E-state index < -0.39 is 11.5 Å². The summed E-state index contributed by atoms with van der Waals surface area (Å²) in [4.78, 5) is 12.6. The van der Waals surface area contributed by atoms with E-state index in [4.69, 9.17) is 9.47 Å². The second-order valence-electron chi connectivity index (χ2n) is 7.87. The van der Waals surface area contributed by atoms with Crippen LogP contribution in [0.2, 0.25) is 0 Å². The number of benzene rings is 4. The second-order valence-corrected chi connectivity index (χ2v) is 7.87. The number of H-pyrrole nitrogens is 1. The van der Waals surface area contributed by atoms with E-state index in [0.29, 0.717) is 41.8 Å². The van der Waals surface area contributed by atoms with Gasteiger partial charge in [-0.1, -0.05) is 66.7 Å². The van der Waals surface area contributed by atoms with E-state index >= 15 is 0 Å². The lowest BCUT2D eigenvalue weighted by Gasteiger charge is -2.15. The van der Waals surface area contributed by atoms with Crippen molar-refractivity contribution in [1.29, 1.82) is 0 Å². The lowest BCUT2D eigenvalue weighted by molar-refractivity contribution is 0.290.